The molecule has 0 fully saturated rings. The van der Waals surface area contributed by atoms with Crippen LogP contribution in [0.25, 0.3) is 5.88 Å². The molecule has 0 atom stereocenters. The average molecular weight is 316 g/mol. The molecule has 0 saturated heterocycles. The maximum Gasteiger partial charge on any atom is 0.344 e. The third kappa shape index (κ3) is 3.61. The van der Waals surface area contributed by atoms with Gasteiger partial charge in [-0.25, -0.2) is 9.59 Å². The molecule has 2 aromatic heterocycles. The first-order valence-corrected chi connectivity index (χ1v) is 6.97. The van der Waals surface area contributed by atoms with E-state index < -0.39 is 18.5 Å². The van der Waals surface area contributed by atoms with Gasteiger partial charge in [0.1, 0.15) is 23.0 Å². The number of rotatable bonds is 5. The van der Waals surface area contributed by atoms with Crippen LogP contribution in [0.4, 0.5) is 0 Å². The van der Waals surface area contributed by atoms with Crippen molar-refractivity contribution >= 4 is 11.9 Å². The second-order valence-corrected chi connectivity index (χ2v) is 5.03. The summed E-state index contributed by atoms with van der Waals surface area (Å²) in [5, 5.41) is 9.33. The van der Waals surface area contributed by atoms with Gasteiger partial charge >= 0.3 is 11.9 Å². The topological polar surface area (TPSA) is 94.5 Å². The van der Waals surface area contributed by atoms with Crippen LogP contribution in [-0.2, 0) is 14.3 Å². The van der Waals surface area contributed by atoms with Crippen LogP contribution in [0.1, 0.15) is 35.5 Å². The van der Waals surface area contributed by atoms with E-state index in [4.69, 9.17) is 13.9 Å². The molecule has 120 valence electrons. The fourth-order valence-electron chi connectivity index (χ4n) is 2.02. The highest BCUT2D eigenvalue weighted by atomic mass is 16.6. The molecule has 0 spiro atoms. The monoisotopic (exact) mass is 316 g/mol. The molecule has 2 aromatic rings. The molecule has 23 heavy (non-hydrogen) atoms. The molecule has 0 saturated carbocycles. The van der Waals surface area contributed by atoms with Crippen LogP contribution in [0.3, 0.4) is 0 Å². The number of carbonyl (C=O) groups excluding carboxylic acids is 2. The summed E-state index contributed by atoms with van der Waals surface area (Å²) in [6, 6.07) is 5.47. The van der Waals surface area contributed by atoms with Crippen LogP contribution in [-0.4, -0.2) is 29.2 Å². The van der Waals surface area contributed by atoms with Gasteiger partial charge in [-0.05, 0) is 32.9 Å². The first-order chi connectivity index (χ1) is 10.9. The van der Waals surface area contributed by atoms with Crippen molar-refractivity contribution < 1.29 is 23.5 Å². The number of aryl methyl sites for hydroxylation is 1. The summed E-state index contributed by atoms with van der Waals surface area (Å²) >= 11 is 0. The second kappa shape index (κ2) is 6.83. The Labute approximate surface area is 133 Å². The van der Waals surface area contributed by atoms with Crippen molar-refractivity contribution in [1.29, 1.82) is 5.26 Å². The Morgan fingerprint density at radius 3 is 2.57 bits per heavy atom. The Balaban J connectivity index is 2.21. The Bertz CT molecular complexity index is 750. The Morgan fingerprint density at radius 2 is 2.00 bits per heavy atom. The van der Waals surface area contributed by atoms with E-state index in [2.05, 4.69) is 0 Å². The molecule has 0 unspecified atom stereocenters. The van der Waals surface area contributed by atoms with Gasteiger partial charge in [0.2, 0.25) is 5.88 Å². The number of nitrogens with zero attached hydrogens (tertiary/aromatic N) is 2. The van der Waals surface area contributed by atoms with Gasteiger partial charge in [-0.3, -0.25) is 4.57 Å². The molecule has 7 nitrogen and oxygen atoms in total. The fraction of sp³-hybridized carbons (Fsp3) is 0.312. The predicted molar refractivity (Wildman–Crippen MR) is 79.0 cm³/mol. The largest absolute Gasteiger partial charge is 0.460 e. The van der Waals surface area contributed by atoms with E-state index >= 15 is 0 Å². The summed E-state index contributed by atoms with van der Waals surface area (Å²) in [5.41, 5.74) is 0.0643. The van der Waals surface area contributed by atoms with E-state index in [0.29, 0.717) is 0 Å². The zero-order valence-electron chi connectivity index (χ0n) is 13.0. The Morgan fingerprint density at radius 1 is 1.35 bits per heavy atom. The number of nitriles is 1. The van der Waals surface area contributed by atoms with E-state index in [0.717, 1.165) is 0 Å². The smallest absolute Gasteiger partial charge is 0.344 e. The highest BCUT2D eigenvalue weighted by Gasteiger charge is 2.26. The van der Waals surface area contributed by atoms with E-state index in [1.165, 1.54) is 0 Å². The third-order valence-corrected chi connectivity index (χ3v) is 2.91. The molecule has 0 bridgehead atoms. The van der Waals surface area contributed by atoms with Gasteiger partial charge in [-0.15, -0.1) is 0 Å². The van der Waals surface area contributed by atoms with Crippen LogP contribution in [0.15, 0.2) is 28.9 Å². The lowest BCUT2D eigenvalue weighted by Gasteiger charge is -2.08. The van der Waals surface area contributed by atoms with E-state index in [1.54, 1.807) is 49.9 Å². The number of hydrogen-bond donors (Lipinski definition) is 0. The second-order valence-electron chi connectivity index (χ2n) is 5.03. The highest BCUT2D eigenvalue weighted by molar-refractivity contribution is 5.95. The molecule has 2 heterocycles. The zero-order valence-corrected chi connectivity index (χ0v) is 13.0. The highest BCUT2D eigenvalue weighted by Crippen LogP contribution is 2.26. The molecule has 0 aliphatic carbocycles. The molecular formula is C16H16N2O5. The SMILES string of the molecule is Cc1oc(-n2cccc2)c(C#N)c1C(=O)OCC(=O)OC(C)C. The molecule has 0 N–H and O–H groups in total. The molecular weight excluding hydrogens is 300 g/mol. The van der Waals surface area contributed by atoms with Gasteiger partial charge < -0.3 is 13.9 Å². The summed E-state index contributed by atoms with van der Waals surface area (Å²) in [7, 11) is 0. The number of esters is 2. The minimum atomic E-state index is -0.804. The van der Waals surface area contributed by atoms with E-state index in [1.807, 2.05) is 6.07 Å². The minimum absolute atomic E-state index is 0.00791. The third-order valence-electron chi connectivity index (χ3n) is 2.91. The Hall–Kier alpha value is -3.01. The average Bonchev–Trinajstić information content (AvgIpc) is 3.10. The molecule has 0 radical (unpaired) electrons. The van der Waals surface area contributed by atoms with Crippen LogP contribution in [0.5, 0.6) is 0 Å². The lowest BCUT2D eigenvalue weighted by Crippen LogP contribution is -2.20. The van der Waals surface area contributed by atoms with Crippen molar-refractivity contribution in [2.24, 2.45) is 0 Å². The van der Waals surface area contributed by atoms with Crippen molar-refractivity contribution in [3.8, 4) is 12.0 Å². The summed E-state index contributed by atoms with van der Waals surface area (Å²) in [6.07, 6.45) is 3.08. The molecule has 2 rings (SSSR count). The first-order valence-electron chi connectivity index (χ1n) is 6.97. The van der Waals surface area contributed by atoms with Gasteiger partial charge in [0.05, 0.1) is 6.10 Å². The molecule has 0 aromatic carbocycles. The molecule has 7 heteroatoms. The molecule has 0 aliphatic heterocycles. The number of aromatic nitrogens is 1. The first kappa shape index (κ1) is 16.4. The van der Waals surface area contributed by atoms with E-state index in [-0.39, 0.29) is 28.9 Å². The Kier molecular flexibility index (Phi) is 4.86. The van der Waals surface area contributed by atoms with Crippen molar-refractivity contribution in [2.75, 3.05) is 6.61 Å². The van der Waals surface area contributed by atoms with Crippen LogP contribution in [0, 0.1) is 18.3 Å². The minimum Gasteiger partial charge on any atom is -0.460 e. The maximum atomic E-state index is 12.2. The number of hydrogen-bond acceptors (Lipinski definition) is 6. The normalized spacial score (nSPS) is 10.4. The van der Waals surface area contributed by atoms with Crippen LogP contribution >= 0.6 is 0 Å². The van der Waals surface area contributed by atoms with Gasteiger partial charge in [0, 0.05) is 12.4 Å². The lowest BCUT2D eigenvalue weighted by atomic mass is 10.1. The van der Waals surface area contributed by atoms with E-state index in [9.17, 15) is 14.9 Å². The zero-order chi connectivity index (χ0) is 17.0. The molecule has 0 amide bonds. The summed E-state index contributed by atoms with van der Waals surface area (Å²) in [6.45, 7) is 4.41. The van der Waals surface area contributed by atoms with Crippen LogP contribution < -0.4 is 0 Å². The van der Waals surface area contributed by atoms with Crippen LogP contribution in [0.2, 0.25) is 0 Å². The van der Waals surface area contributed by atoms with Crippen molar-refractivity contribution in [3.05, 3.63) is 41.4 Å². The number of furan rings is 1. The maximum absolute atomic E-state index is 12.2. The van der Waals surface area contributed by atoms with Crippen molar-refractivity contribution in [2.45, 2.75) is 26.9 Å². The van der Waals surface area contributed by atoms with Gasteiger partial charge in [0.25, 0.3) is 0 Å². The fourth-order valence-corrected chi connectivity index (χ4v) is 2.02. The van der Waals surface area contributed by atoms with Gasteiger partial charge in [-0.2, -0.15) is 5.26 Å². The summed E-state index contributed by atoms with van der Waals surface area (Å²) in [4.78, 5) is 23.6. The van der Waals surface area contributed by atoms with Crippen molar-refractivity contribution in [3.63, 3.8) is 0 Å². The quantitative estimate of drug-likeness (QED) is 0.786. The standard InChI is InChI=1S/C16H16N2O5/c1-10(2)22-13(19)9-21-16(20)14-11(3)23-15(12(14)8-17)18-6-4-5-7-18/h4-7,10H,9H2,1-3H3. The van der Waals surface area contributed by atoms with Crippen molar-refractivity contribution in [1.82, 2.24) is 4.57 Å². The van der Waals surface area contributed by atoms with Gasteiger partial charge in [0.15, 0.2) is 6.61 Å². The number of carbonyl (C=O) groups is 2. The number of ether oxygens (including phenoxy) is 2. The summed E-state index contributed by atoms with van der Waals surface area (Å²) in [5.74, 6) is -0.986. The predicted octanol–water partition coefficient (Wildman–Crippen LogP) is 2.36. The summed E-state index contributed by atoms with van der Waals surface area (Å²) < 4.78 is 16.9. The molecule has 0 aliphatic rings. The lowest BCUT2D eigenvalue weighted by molar-refractivity contribution is -0.150. The van der Waals surface area contributed by atoms with Gasteiger partial charge in [-0.1, -0.05) is 0 Å².